The Bertz CT molecular complexity index is 812. The van der Waals surface area contributed by atoms with Crippen LogP contribution in [0.2, 0.25) is 0 Å². The molecule has 0 amide bonds. The summed E-state index contributed by atoms with van der Waals surface area (Å²) in [5.41, 5.74) is 3.02. The zero-order valence-electron chi connectivity index (χ0n) is 15.4. The van der Waals surface area contributed by atoms with E-state index in [4.69, 9.17) is 4.99 Å². The van der Waals surface area contributed by atoms with Crippen LogP contribution in [0.15, 0.2) is 41.4 Å². The lowest BCUT2D eigenvalue weighted by atomic mass is 9.92. The van der Waals surface area contributed by atoms with Crippen molar-refractivity contribution in [2.75, 3.05) is 5.32 Å². The van der Waals surface area contributed by atoms with Gasteiger partial charge in [-0.15, -0.1) is 0 Å². The Morgan fingerprint density at radius 3 is 2.20 bits per heavy atom. The number of rotatable bonds is 3. The third-order valence-electron chi connectivity index (χ3n) is 4.79. The second kappa shape index (κ2) is 6.26. The van der Waals surface area contributed by atoms with Gasteiger partial charge in [-0.05, 0) is 48.1 Å². The highest BCUT2D eigenvalue weighted by Gasteiger charge is 2.39. The first-order chi connectivity index (χ1) is 11.7. The fourth-order valence-electron chi connectivity index (χ4n) is 3.29. The van der Waals surface area contributed by atoms with Gasteiger partial charge in [-0.3, -0.25) is 0 Å². The Hall–Kier alpha value is -2.20. The van der Waals surface area contributed by atoms with Gasteiger partial charge < -0.3 is 10.4 Å². The van der Waals surface area contributed by atoms with Gasteiger partial charge in [-0.1, -0.05) is 45.9 Å². The van der Waals surface area contributed by atoms with Crippen molar-refractivity contribution in [1.29, 1.82) is 0 Å². The number of anilines is 1. The summed E-state index contributed by atoms with van der Waals surface area (Å²) in [7, 11) is 0. The third-order valence-corrected chi connectivity index (χ3v) is 4.79. The van der Waals surface area contributed by atoms with Gasteiger partial charge in [0.15, 0.2) is 0 Å². The topological polar surface area (TPSA) is 44.6 Å². The van der Waals surface area contributed by atoms with Crippen molar-refractivity contribution in [3.63, 3.8) is 0 Å². The number of hydrogen-bond acceptors (Lipinski definition) is 2. The van der Waals surface area contributed by atoms with Crippen LogP contribution in [0.25, 0.3) is 0 Å². The molecular formula is C21H25FN2O. The van der Waals surface area contributed by atoms with Crippen molar-refractivity contribution in [3.05, 3.63) is 58.9 Å². The van der Waals surface area contributed by atoms with E-state index in [-0.39, 0.29) is 5.82 Å². The van der Waals surface area contributed by atoms with E-state index in [1.807, 2.05) is 0 Å². The summed E-state index contributed by atoms with van der Waals surface area (Å²) in [5, 5.41) is 14.2. The molecule has 0 spiro atoms. The molecule has 4 heteroatoms. The minimum absolute atomic E-state index is 0.309. The van der Waals surface area contributed by atoms with E-state index in [0.29, 0.717) is 28.9 Å². The predicted molar refractivity (Wildman–Crippen MR) is 101 cm³/mol. The smallest absolute Gasteiger partial charge is 0.146 e. The van der Waals surface area contributed by atoms with Crippen molar-refractivity contribution >= 4 is 17.2 Å². The summed E-state index contributed by atoms with van der Waals surface area (Å²) in [6.07, 6.45) is 0. The number of para-hydroxylation sites is 1. The first-order valence-corrected chi connectivity index (χ1v) is 8.73. The fraction of sp³-hybridized carbons (Fsp3) is 0.381. The maximum Gasteiger partial charge on any atom is 0.146 e. The van der Waals surface area contributed by atoms with Crippen molar-refractivity contribution in [3.8, 4) is 0 Å². The maximum atomic E-state index is 13.6. The molecule has 3 rings (SSSR count). The highest BCUT2D eigenvalue weighted by atomic mass is 19.1. The van der Waals surface area contributed by atoms with Crippen molar-refractivity contribution in [2.45, 2.75) is 52.1 Å². The summed E-state index contributed by atoms with van der Waals surface area (Å²) >= 11 is 0. The Morgan fingerprint density at radius 1 is 1.04 bits per heavy atom. The standard InChI is InChI=1S/C21H25FN2O/c1-12(2)15-7-6-8-16(13(3)4)19(15)24-20-21(5,25)17-11-14(22)9-10-18(17)23-20/h6-13,25H,1-5H3,(H,23,24). The van der Waals surface area contributed by atoms with Crippen molar-refractivity contribution in [1.82, 2.24) is 0 Å². The Morgan fingerprint density at radius 2 is 1.64 bits per heavy atom. The van der Waals surface area contributed by atoms with Gasteiger partial charge in [-0.2, -0.15) is 0 Å². The Balaban J connectivity index is 2.17. The molecule has 1 aliphatic rings. The van der Waals surface area contributed by atoms with Crippen LogP contribution in [0.4, 0.5) is 15.8 Å². The number of nitrogens with one attached hydrogen (secondary N) is 1. The zero-order chi connectivity index (χ0) is 18.4. The number of aliphatic hydroxyl groups is 1. The molecule has 0 radical (unpaired) electrons. The molecule has 0 bridgehead atoms. The molecular weight excluding hydrogens is 315 g/mol. The average molecular weight is 340 g/mol. The normalized spacial score (nSPS) is 21.1. The molecule has 0 aliphatic carbocycles. The fourth-order valence-corrected chi connectivity index (χ4v) is 3.29. The summed E-state index contributed by atoms with van der Waals surface area (Å²) < 4.78 is 13.6. The van der Waals surface area contributed by atoms with Gasteiger partial charge in [0, 0.05) is 11.3 Å². The van der Waals surface area contributed by atoms with Crippen LogP contribution >= 0.6 is 0 Å². The van der Waals surface area contributed by atoms with E-state index in [1.54, 1.807) is 13.0 Å². The molecule has 3 nitrogen and oxygen atoms in total. The molecule has 2 aromatic rings. The largest absolute Gasteiger partial charge is 0.377 e. The van der Waals surface area contributed by atoms with Gasteiger partial charge >= 0.3 is 0 Å². The monoisotopic (exact) mass is 340 g/mol. The molecule has 1 unspecified atom stereocenters. The number of fused-ring (bicyclic) bond motifs is 1. The molecule has 0 saturated carbocycles. The maximum absolute atomic E-state index is 13.6. The summed E-state index contributed by atoms with van der Waals surface area (Å²) in [5.74, 6) is 0.684. The number of hydrogen-bond donors (Lipinski definition) is 2. The Labute approximate surface area is 148 Å². The first kappa shape index (κ1) is 17.6. The van der Waals surface area contributed by atoms with E-state index in [0.717, 1.165) is 16.8 Å². The summed E-state index contributed by atoms with van der Waals surface area (Å²) in [6.45, 7) is 10.2. The number of benzene rings is 2. The highest BCUT2D eigenvalue weighted by Crippen LogP contribution is 2.40. The van der Waals surface area contributed by atoms with Gasteiger partial charge in [0.1, 0.15) is 17.3 Å². The minimum atomic E-state index is -1.35. The molecule has 2 aromatic carbocycles. The molecule has 1 aliphatic heterocycles. The van der Waals surface area contributed by atoms with E-state index < -0.39 is 5.60 Å². The van der Waals surface area contributed by atoms with Gasteiger partial charge in [0.25, 0.3) is 0 Å². The second-order valence-electron chi connectivity index (χ2n) is 7.44. The quantitative estimate of drug-likeness (QED) is 0.782. The summed E-state index contributed by atoms with van der Waals surface area (Å²) in [4.78, 5) is 4.83. The molecule has 2 N–H and O–H groups in total. The van der Waals surface area contributed by atoms with Crippen molar-refractivity contribution in [2.24, 2.45) is 4.99 Å². The SMILES string of the molecule is CC(C)c1cccc(C(C)C)c1N=C1Nc2ccc(F)cc2C1(C)O. The third kappa shape index (κ3) is 3.07. The van der Waals surface area contributed by atoms with Crippen LogP contribution in [0.3, 0.4) is 0 Å². The van der Waals surface area contributed by atoms with Crippen LogP contribution in [0, 0.1) is 5.82 Å². The van der Waals surface area contributed by atoms with Gasteiger partial charge in [0.2, 0.25) is 0 Å². The lowest BCUT2D eigenvalue weighted by Crippen LogP contribution is -2.30. The van der Waals surface area contributed by atoms with Gasteiger partial charge in [0.05, 0.1) is 5.69 Å². The number of halogens is 1. The molecule has 0 fully saturated rings. The molecule has 1 atom stereocenters. The molecule has 0 saturated heterocycles. The van der Waals surface area contributed by atoms with Crippen LogP contribution in [-0.4, -0.2) is 10.9 Å². The second-order valence-corrected chi connectivity index (χ2v) is 7.44. The molecule has 132 valence electrons. The van der Waals surface area contributed by atoms with Crippen molar-refractivity contribution < 1.29 is 9.50 Å². The highest BCUT2D eigenvalue weighted by molar-refractivity contribution is 6.09. The van der Waals surface area contributed by atoms with E-state index in [2.05, 4.69) is 51.2 Å². The average Bonchev–Trinajstić information content (AvgIpc) is 2.78. The zero-order valence-corrected chi connectivity index (χ0v) is 15.4. The van der Waals surface area contributed by atoms with Crippen LogP contribution in [0.1, 0.15) is 63.1 Å². The lowest BCUT2D eigenvalue weighted by molar-refractivity contribution is 0.137. The number of nitrogens with zero attached hydrogens (tertiary/aromatic N) is 1. The molecule has 0 aromatic heterocycles. The number of amidine groups is 1. The van der Waals surface area contributed by atoms with E-state index >= 15 is 0 Å². The van der Waals surface area contributed by atoms with Crippen LogP contribution < -0.4 is 5.32 Å². The van der Waals surface area contributed by atoms with Crippen LogP contribution in [0.5, 0.6) is 0 Å². The first-order valence-electron chi connectivity index (χ1n) is 8.73. The van der Waals surface area contributed by atoms with Crippen LogP contribution in [-0.2, 0) is 5.60 Å². The van der Waals surface area contributed by atoms with Gasteiger partial charge in [-0.25, -0.2) is 9.38 Å². The summed E-state index contributed by atoms with van der Waals surface area (Å²) in [6, 6.07) is 10.6. The van der Waals surface area contributed by atoms with E-state index in [1.165, 1.54) is 12.1 Å². The number of aliphatic imine (C=N–C) groups is 1. The van der Waals surface area contributed by atoms with E-state index in [9.17, 15) is 9.50 Å². The molecule has 1 heterocycles. The predicted octanol–water partition coefficient (Wildman–Crippen LogP) is 5.44. The Kier molecular flexibility index (Phi) is 4.41. The minimum Gasteiger partial charge on any atom is -0.377 e. The lowest BCUT2D eigenvalue weighted by Gasteiger charge is -2.21. The molecule has 25 heavy (non-hydrogen) atoms.